The Morgan fingerprint density at radius 2 is 2.00 bits per heavy atom. The number of carbonyl (C=O) groups is 1. The van der Waals surface area contributed by atoms with Gasteiger partial charge in [0.1, 0.15) is 0 Å². The number of amides is 1. The van der Waals surface area contributed by atoms with Crippen molar-refractivity contribution < 1.29 is 14.6 Å². The zero-order valence-electron chi connectivity index (χ0n) is 10.3. The number of ether oxygens (including phenoxy) is 1. The summed E-state index contributed by atoms with van der Waals surface area (Å²) in [7, 11) is 1.81. The number of hydrogen-bond donors (Lipinski definition) is 1. The van der Waals surface area contributed by atoms with Crippen molar-refractivity contribution in [1.82, 2.24) is 4.90 Å². The van der Waals surface area contributed by atoms with Crippen molar-refractivity contribution in [2.75, 3.05) is 20.3 Å². The van der Waals surface area contributed by atoms with Crippen molar-refractivity contribution in [3.8, 4) is 0 Å². The SMILES string of the molecule is CCOC(=O)N(C)C1CCC(CCO)CC1. The fraction of sp³-hybridized carbons (Fsp3) is 0.917. The van der Waals surface area contributed by atoms with Crippen molar-refractivity contribution in [2.45, 2.75) is 45.1 Å². The summed E-state index contributed by atoms with van der Waals surface area (Å²) in [6.07, 6.45) is 4.95. The first-order valence-corrected chi connectivity index (χ1v) is 6.19. The molecule has 1 N–H and O–H groups in total. The van der Waals surface area contributed by atoms with Gasteiger partial charge in [-0.15, -0.1) is 0 Å². The van der Waals surface area contributed by atoms with Gasteiger partial charge in [-0.25, -0.2) is 4.79 Å². The predicted octanol–water partition coefficient (Wildman–Crippen LogP) is 2.02. The molecular weight excluding hydrogens is 206 g/mol. The van der Waals surface area contributed by atoms with E-state index >= 15 is 0 Å². The Morgan fingerprint density at radius 3 is 2.50 bits per heavy atom. The third-order valence-corrected chi connectivity index (χ3v) is 3.46. The lowest BCUT2D eigenvalue weighted by atomic mass is 9.84. The lowest BCUT2D eigenvalue weighted by Crippen LogP contribution is -2.39. The number of aliphatic hydroxyl groups excluding tert-OH is 1. The highest BCUT2D eigenvalue weighted by Crippen LogP contribution is 2.29. The van der Waals surface area contributed by atoms with Crippen LogP contribution in [0.4, 0.5) is 4.79 Å². The summed E-state index contributed by atoms with van der Waals surface area (Å²) in [5.41, 5.74) is 0. The summed E-state index contributed by atoms with van der Waals surface area (Å²) in [5, 5.41) is 8.87. The van der Waals surface area contributed by atoms with Gasteiger partial charge in [-0.1, -0.05) is 0 Å². The second kappa shape index (κ2) is 6.74. The van der Waals surface area contributed by atoms with Gasteiger partial charge in [0.2, 0.25) is 0 Å². The molecule has 0 radical (unpaired) electrons. The Kier molecular flexibility index (Phi) is 5.60. The van der Waals surface area contributed by atoms with E-state index in [1.165, 1.54) is 0 Å². The van der Waals surface area contributed by atoms with Gasteiger partial charge < -0.3 is 14.7 Å². The van der Waals surface area contributed by atoms with Crippen molar-refractivity contribution >= 4 is 6.09 Å². The van der Waals surface area contributed by atoms with E-state index in [-0.39, 0.29) is 12.7 Å². The molecule has 4 heteroatoms. The average molecular weight is 229 g/mol. The molecule has 4 nitrogen and oxygen atoms in total. The Hall–Kier alpha value is -0.770. The topological polar surface area (TPSA) is 49.8 Å². The minimum atomic E-state index is -0.215. The van der Waals surface area contributed by atoms with E-state index < -0.39 is 0 Å². The largest absolute Gasteiger partial charge is 0.450 e. The molecule has 0 unspecified atom stereocenters. The molecule has 1 fully saturated rings. The number of rotatable bonds is 4. The maximum atomic E-state index is 11.5. The zero-order chi connectivity index (χ0) is 12.0. The van der Waals surface area contributed by atoms with Gasteiger partial charge in [0.25, 0.3) is 0 Å². The molecule has 0 aromatic rings. The molecule has 1 rings (SSSR count). The van der Waals surface area contributed by atoms with Crippen LogP contribution in [0.15, 0.2) is 0 Å². The van der Waals surface area contributed by atoms with Crippen molar-refractivity contribution in [2.24, 2.45) is 5.92 Å². The van der Waals surface area contributed by atoms with E-state index in [0.29, 0.717) is 18.6 Å². The Bertz CT molecular complexity index is 212. The molecule has 0 spiro atoms. The summed E-state index contributed by atoms with van der Waals surface area (Å²) in [6, 6.07) is 0.314. The fourth-order valence-electron chi connectivity index (χ4n) is 2.38. The fourth-order valence-corrected chi connectivity index (χ4v) is 2.38. The van der Waals surface area contributed by atoms with Crippen molar-refractivity contribution in [3.05, 3.63) is 0 Å². The number of aliphatic hydroxyl groups is 1. The predicted molar refractivity (Wildman–Crippen MR) is 62.2 cm³/mol. The van der Waals surface area contributed by atoms with E-state index in [2.05, 4.69) is 0 Å². The molecule has 94 valence electrons. The van der Waals surface area contributed by atoms with E-state index in [1.807, 2.05) is 14.0 Å². The van der Waals surface area contributed by atoms with Crippen molar-refractivity contribution in [3.63, 3.8) is 0 Å². The number of hydrogen-bond acceptors (Lipinski definition) is 3. The summed E-state index contributed by atoms with van der Waals surface area (Å²) < 4.78 is 4.98. The van der Waals surface area contributed by atoms with Gasteiger partial charge >= 0.3 is 6.09 Å². The molecule has 0 aromatic carbocycles. The summed E-state index contributed by atoms with van der Waals surface area (Å²) in [6.45, 7) is 2.54. The molecule has 0 atom stereocenters. The van der Waals surface area contributed by atoms with E-state index in [9.17, 15) is 4.79 Å². The van der Waals surface area contributed by atoms with Crippen LogP contribution in [0.3, 0.4) is 0 Å². The molecule has 0 heterocycles. The van der Waals surface area contributed by atoms with Crippen LogP contribution in [-0.4, -0.2) is 42.4 Å². The third-order valence-electron chi connectivity index (χ3n) is 3.46. The normalized spacial score (nSPS) is 25.2. The highest BCUT2D eigenvalue weighted by atomic mass is 16.6. The quantitative estimate of drug-likeness (QED) is 0.802. The van der Waals surface area contributed by atoms with Crippen LogP contribution in [0.5, 0.6) is 0 Å². The number of nitrogens with zero attached hydrogens (tertiary/aromatic N) is 1. The maximum Gasteiger partial charge on any atom is 0.409 e. The number of carbonyl (C=O) groups excluding carboxylic acids is 1. The minimum absolute atomic E-state index is 0.215. The lowest BCUT2D eigenvalue weighted by Gasteiger charge is -2.33. The first-order valence-electron chi connectivity index (χ1n) is 6.19. The van der Waals surface area contributed by atoms with E-state index in [4.69, 9.17) is 9.84 Å². The molecule has 1 aliphatic rings. The molecule has 0 aromatic heterocycles. The van der Waals surface area contributed by atoms with Gasteiger partial charge in [0.05, 0.1) is 6.61 Å². The second-order valence-corrected chi connectivity index (χ2v) is 4.50. The summed E-state index contributed by atoms with van der Waals surface area (Å²) in [5.74, 6) is 0.636. The van der Waals surface area contributed by atoms with Gasteiger partial charge in [-0.3, -0.25) is 0 Å². The molecule has 16 heavy (non-hydrogen) atoms. The third kappa shape index (κ3) is 3.67. The lowest BCUT2D eigenvalue weighted by molar-refractivity contribution is 0.0860. The molecule has 1 amide bonds. The van der Waals surface area contributed by atoms with Crippen LogP contribution in [0.2, 0.25) is 0 Å². The molecule has 0 saturated heterocycles. The van der Waals surface area contributed by atoms with Crippen LogP contribution in [0, 0.1) is 5.92 Å². The summed E-state index contributed by atoms with van der Waals surface area (Å²) in [4.78, 5) is 13.2. The van der Waals surface area contributed by atoms with Crippen LogP contribution in [0.1, 0.15) is 39.0 Å². The van der Waals surface area contributed by atoms with E-state index in [1.54, 1.807) is 4.90 Å². The molecule has 1 saturated carbocycles. The molecule has 0 aliphatic heterocycles. The monoisotopic (exact) mass is 229 g/mol. The van der Waals surface area contributed by atoms with Gasteiger partial charge in [0.15, 0.2) is 0 Å². The molecule has 0 bridgehead atoms. The molecular formula is C12H23NO3. The minimum Gasteiger partial charge on any atom is -0.450 e. The van der Waals surface area contributed by atoms with Gasteiger partial charge in [-0.2, -0.15) is 0 Å². The standard InChI is InChI=1S/C12H23NO3/c1-3-16-12(15)13(2)11-6-4-10(5-7-11)8-9-14/h10-11,14H,3-9H2,1-2H3. The van der Waals surface area contributed by atoms with Crippen LogP contribution in [0.25, 0.3) is 0 Å². The average Bonchev–Trinajstić information content (AvgIpc) is 2.30. The Balaban J connectivity index is 2.32. The van der Waals surface area contributed by atoms with Crippen LogP contribution >= 0.6 is 0 Å². The first kappa shape index (κ1) is 13.3. The van der Waals surface area contributed by atoms with Crippen molar-refractivity contribution in [1.29, 1.82) is 0 Å². The van der Waals surface area contributed by atoms with Gasteiger partial charge in [0, 0.05) is 19.7 Å². The first-order chi connectivity index (χ1) is 7.69. The maximum absolute atomic E-state index is 11.5. The Labute approximate surface area is 97.6 Å². The zero-order valence-corrected chi connectivity index (χ0v) is 10.3. The Morgan fingerprint density at radius 1 is 1.38 bits per heavy atom. The highest BCUT2D eigenvalue weighted by Gasteiger charge is 2.26. The van der Waals surface area contributed by atoms with Crippen LogP contribution < -0.4 is 0 Å². The van der Waals surface area contributed by atoms with Gasteiger partial charge in [-0.05, 0) is 44.9 Å². The smallest absolute Gasteiger partial charge is 0.409 e. The second-order valence-electron chi connectivity index (χ2n) is 4.50. The highest BCUT2D eigenvalue weighted by molar-refractivity contribution is 5.67. The summed E-state index contributed by atoms with van der Waals surface area (Å²) >= 11 is 0. The van der Waals surface area contributed by atoms with Crippen LogP contribution in [-0.2, 0) is 4.74 Å². The van der Waals surface area contributed by atoms with E-state index in [0.717, 1.165) is 32.1 Å². The molecule has 1 aliphatic carbocycles.